The van der Waals surface area contributed by atoms with Crippen molar-refractivity contribution in [2.45, 2.75) is 17.2 Å². The molecular weight excluding hydrogens is 399 g/mol. The van der Waals surface area contributed by atoms with Gasteiger partial charge in [-0.25, -0.2) is 4.39 Å². The number of hydrazone groups is 1. The number of hydrogen-bond acceptors (Lipinski definition) is 3. The SMILES string of the molecule is C#Cc1ccc(S(=O)(=O)N2CC(C)(c3ccccc3)C(c3ccc(F)cc3)=N2)cc1. The third-order valence-electron chi connectivity index (χ3n) is 5.31. The van der Waals surface area contributed by atoms with Crippen LogP contribution >= 0.6 is 0 Å². The Morgan fingerprint density at radius 3 is 2.23 bits per heavy atom. The van der Waals surface area contributed by atoms with E-state index in [0.29, 0.717) is 16.8 Å². The molecule has 3 aromatic carbocycles. The molecule has 0 spiro atoms. The Bertz CT molecular complexity index is 1250. The number of nitrogens with zero attached hydrogens (tertiary/aromatic N) is 2. The Morgan fingerprint density at radius 2 is 1.63 bits per heavy atom. The first-order valence-electron chi connectivity index (χ1n) is 9.34. The molecule has 0 aromatic heterocycles. The van der Waals surface area contributed by atoms with Crippen LogP contribution in [0.4, 0.5) is 4.39 Å². The molecule has 0 N–H and O–H groups in total. The second-order valence-electron chi connectivity index (χ2n) is 7.31. The molecular formula is C24H19FN2O2S. The normalized spacial score (nSPS) is 18.7. The van der Waals surface area contributed by atoms with Gasteiger partial charge >= 0.3 is 0 Å². The minimum absolute atomic E-state index is 0.112. The Balaban J connectivity index is 1.82. The topological polar surface area (TPSA) is 49.7 Å². The summed E-state index contributed by atoms with van der Waals surface area (Å²) in [6, 6.07) is 21.7. The monoisotopic (exact) mass is 418 g/mol. The second-order valence-corrected chi connectivity index (χ2v) is 9.15. The third kappa shape index (κ3) is 3.38. The molecule has 4 rings (SSSR count). The van der Waals surface area contributed by atoms with Crippen molar-refractivity contribution in [3.05, 3.63) is 101 Å². The standard InChI is InChI=1S/C24H19FN2O2S/c1-3-18-9-15-22(16-10-18)30(28,29)27-17-24(2,20-7-5-4-6-8-20)23(26-27)19-11-13-21(25)14-12-19/h1,4-16H,17H2,2H3. The maximum absolute atomic E-state index is 13.5. The Morgan fingerprint density at radius 1 is 1.00 bits per heavy atom. The summed E-state index contributed by atoms with van der Waals surface area (Å²) < 4.78 is 41.2. The van der Waals surface area contributed by atoms with Gasteiger partial charge in [0.25, 0.3) is 10.0 Å². The van der Waals surface area contributed by atoms with Crippen molar-refractivity contribution in [1.29, 1.82) is 0 Å². The summed E-state index contributed by atoms with van der Waals surface area (Å²) in [5, 5.41) is 4.51. The van der Waals surface area contributed by atoms with E-state index in [1.165, 1.54) is 24.3 Å². The van der Waals surface area contributed by atoms with Gasteiger partial charge in [0.2, 0.25) is 0 Å². The van der Waals surface area contributed by atoms with Gasteiger partial charge in [-0.2, -0.15) is 17.9 Å². The highest BCUT2D eigenvalue weighted by molar-refractivity contribution is 7.89. The molecule has 0 saturated heterocycles. The minimum atomic E-state index is -3.89. The highest BCUT2D eigenvalue weighted by Crippen LogP contribution is 2.37. The van der Waals surface area contributed by atoms with E-state index < -0.39 is 15.4 Å². The van der Waals surface area contributed by atoms with Gasteiger partial charge < -0.3 is 0 Å². The van der Waals surface area contributed by atoms with Crippen molar-refractivity contribution in [2.75, 3.05) is 6.54 Å². The predicted molar refractivity (Wildman–Crippen MR) is 115 cm³/mol. The Kier molecular flexibility index (Phi) is 4.92. The van der Waals surface area contributed by atoms with Crippen LogP contribution < -0.4 is 0 Å². The Labute approximate surface area is 175 Å². The molecule has 150 valence electrons. The molecule has 0 radical (unpaired) electrons. The van der Waals surface area contributed by atoms with Crippen LogP contribution in [-0.4, -0.2) is 25.1 Å². The summed E-state index contributed by atoms with van der Waals surface area (Å²) in [7, 11) is -3.89. The molecule has 0 bridgehead atoms. The molecule has 1 aliphatic heterocycles. The lowest BCUT2D eigenvalue weighted by Crippen LogP contribution is -2.37. The van der Waals surface area contributed by atoms with Gasteiger partial charge in [-0.05, 0) is 54.4 Å². The number of sulfonamides is 1. The second kappa shape index (κ2) is 7.43. The van der Waals surface area contributed by atoms with Gasteiger partial charge in [0.15, 0.2) is 0 Å². The van der Waals surface area contributed by atoms with Gasteiger partial charge in [-0.1, -0.05) is 48.4 Å². The highest BCUT2D eigenvalue weighted by Gasteiger charge is 2.44. The van der Waals surface area contributed by atoms with Gasteiger partial charge in [-0.15, -0.1) is 6.42 Å². The summed E-state index contributed by atoms with van der Waals surface area (Å²) in [4.78, 5) is 0.112. The number of halogens is 1. The van der Waals surface area contributed by atoms with Crippen molar-refractivity contribution in [3.8, 4) is 12.3 Å². The van der Waals surface area contributed by atoms with Crippen LogP contribution in [-0.2, 0) is 15.4 Å². The van der Waals surface area contributed by atoms with Crippen LogP contribution in [0.15, 0.2) is 88.9 Å². The minimum Gasteiger partial charge on any atom is -0.207 e. The molecule has 6 heteroatoms. The summed E-state index contributed by atoms with van der Waals surface area (Å²) in [6.07, 6.45) is 5.37. The summed E-state index contributed by atoms with van der Waals surface area (Å²) in [6.45, 7) is 2.07. The van der Waals surface area contributed by atoms with E-state index in [1.54, 1.807) is 24.3 Å². The van der Waals surface area contributed by atoms with Crippen LogP contribution in [0.5, 0.6) is 0 Å². The maximum Gasteiger partial charge on any atom is 0.279 e. The largest absolute Gasteiger partial charge is 0.279 e. The molecule has 30 heavy (non-hydrogen) atoms. The van der Waals surface area contributed by atoms with Crippen molar-refractivity contribution in [2.24, 2.45) is 5.10 Å². The lowest BCUT2D eigenvalue weighted by atomic mass is 9.76. The molecule has 0 aliphatic carbocycles. The van der Waals surface area contributed by atoms with Crippen LogP contribution in [0.3, 0.4) is 0 Å². The molecule has 1 unspecified atom stereocenters. The average Bonchev–Trinajstić information content (AvgIpc) is 3.14. The third-order valence-corrected chi connectivity index (χ3v) is 6.94. The molecule has 1 heterocycles. The van der Waals surface area contributed by atoms with Crippen molar-refractivity contribution >= 4 is 15.7 Å². The first-order valence-corrected chi connectivity index (χ1v) is 10.8. The molecule has 3 aromatic rings. The number of hydrogen-bond donors (Lipinski definition) is 0. The zero-order valence-electron chi connectivity index (χ0n) is 16.3. The molecule has 4 nitrogen and oxygen atoms in total. The van der Waals surface area contributed by atoms with Crippen LogP contribution in [0, 0.1) is 18.2 Å². The smallest absolute Gasteiger partial charge is 0.207 e. The summed E-state index contributed by atoms with van der Waals surface area (Å²) >= 11 is 0. The highest BCUT2D eigenvalue weighted by atomic mass is 32.2. The predicted octanol–water partition coefficient (Wildman–Crippen LogP) is 4.17. The fourth-order valence-electron chi connectivity index (χ4n) is 3.60. The van der Waals surface area contributed by atoms with Crippen molar-refractivity contribution in [1.82, 2.24) is 4.41 Å². The lowest BCUT2D eigenvalue weighted by molar-refractivity contribution is 0.418. The quantitative estimate of drug-likeness (QED) is 0.597. The van der Waals surface area contributed by atoms with Gasteiger partial charge in [-0.3, -0.25) is 0 Å². The van der Waals surface area contributed by atoms with E-state index in [1.807, 2.05) is 37.3 Å². The lowest BCUT2D eigenvalue weighted by Gasteiger charge is -2.27. The molecule has 0 fully saturated rings. The van der Waals surface area contributed by atoms with Crippen molar-refractivity contribution in [3.63, 3.8) is 0 Å². The van der Waals surface area contributed by atoms with E-state index in [9.17, 15) is 12.8 Å². The fraction of sp³-hybridized carbons (Fsp3) is 0.125. The van der Waals surface area contributed by atoms with Gasteiger partial charge in [0.05, 0.1) is 22.6 Å². The van der Waals surface area contributed by atoms with Crippen LogP contribution in [0.1, 0.15) is 23.6 Å². The van der Waals surface area contributed by atoms with E-state index in [-0.39, 0.29) is 17.3 Å². The number of terminal acetylenes is 1. The summed E-state index contributed by atoms with van der Waals surface area (Å²) in [5.74, 6) is 2.11. The average molecular weight is 418 g/mol. The van der Waals surface area contributed by atoms with E-state index in [0.717, 1.165) is 9.98 Å². The first-order chi connectivity index (χ1) is 14.3. The fourth-order valence-corrected chi connectivity index (χ4v) is 4.94. The first kappa shape index (κ1) is 19.9. The number of rotatable bonds is 4. The van der Waals surface area contributed by atoms with E-state index in [2.05, 4.69) is 11.0 Å². The molecule has 1 aliphatic rings. The van der Waals surface area contributed by atoms with E-state index >= 15 is 0 Å². The zero-order valence-corrected chi connectivity index (χ0v) is 17.1. The van der Waals surface area contributed by atoms with Gasteiger partial charge in [0.1, 0.15) is 5.82 Å². The molecule has 0 amide bonds. The van der Waals surface area contributed by atoms with Crippen LogP contribution in [0.2, 0.25) is 0 Å². The number of benzene rings is 3. The zero-order chi connectivity index (χ0) is 21.4. The van der Waals surface area contributed by atoms with Gasteiger partial charge in [0, 0.05) is 5.56 Å². The Hall–Kier alpha value is -3.43. The molecule has 1 atom stereocenters. The van der Waals surface area contributed by atoms with Crippen LogP contribution in [0.25, 0.3) is 0 Å². The maximum atomic E-state index is 13.5. The molecule has 0 saturated carbocycles. The summed E-state index contributed by atoms with van der Waals surface area (Å²) in [5.41, 5.74) is 2.05. The van der Waals surface area contributed by atoms with E-state index in [4.69, 9.17) is 6.42 Å². The van der Waals surface area contributed by atoms with Crippen molar-refractivity contribution < 1.29 is 12.8 Å².